The van der Waals surface area contributed by atoms with Crippen LogP contribution in [0.4, 0.5) is 13.2 Å². The van der Waals surface area contributed by atoms with Crippen molar-refractivity contribution < 1.29 is 13.2 Å². The zero-order valence-electron chi connectivity index (χ0n) is 11.4. The zero-order chi connectivity index (χ0) is 14.9. The van der Waals surface area contributed by atoms with Gasteiger partial charge in [0.05, 0.1) is 17.5 Å². The van der Waals surface area contributed by atoms with E-state index in [1.54, 1.807) is 6.07 Å². The summed E-state index contributed by atoms with van der Waals surface area (Å²) in [6.45, 7) is 0.995. The molecule has 1 saturated heterocycles. The fourth-order valence-electron chi connectivity index (χ4n) is 2.73. The van der Waals surface area contributed by atoms with Crippen LogP contribution in [0.1, 0.15) is 24.2 Å². The predicted octanol–water partition coefficient (Wildman–Crippen LogP) is 3.39. The standard InChI is InChI=1S/C15H16F3N3/c16-15(17,18)12-6-2-1-5-11(12)13-9-20-14(21-13)8-10-4-3-7-19-10/h1-2,5-6,9-10,19H,3-4,7-8H2,(H,20,21). The van der Waals surface area contributed by atoms with Gasteiger partial charge in [0.25, 0.3) is 0 Å². The van der Waals surface area contributed by atoms with Gasteiger partial charge in [0.15, 0.2) is 0 Å². The Morgan fingerprint density at radius 3 is 2.76 bits per heavy atom. The van der Waals surface area contributed by atoms with Gasteiger partial charge in [-0.2, -0.15) is 13.2 Å². The van der Waals surface area contributed by atoms with E-state index < -0.39 is 11.7 Å². The summed E-state index contributed by atoms with van der Waals surface area (Å²) in [5.74, 6) is 0.723. The fraction of sp³-hybridized carbons (Fsp3) is 0.400. The molecule has 1 atom stereocenters. The molecule has 0 aliphatic carbocycles. The second kappa shape index (κ2) is 5.52. The second-order valence-electron chi connectivity index (χ2n) is 5.28. The summed E-state index contributed by atoms with van der Waals surface area (Å²) in [6.07, 6.45) is 0.0439. The first-order chi connectivity index (χ1) is 10.0. The van der Waals surface area contributed by atoms with Gasteiger partial charge in [-0.15, -0.1) is 0 Å². The first kappa shape index (κ1) is 14.1. The Morgan fingerprint density at radius 1 is 1.24 bits per heavy atom. The highest BCUT2D eigenvalue weighted by molar-refractivity contribution is 5.64. The summed E-state index contributed by atoms with van der Waals surface area (Å²) in [5.41, 5.74) is -0.0850. The van der Waals surface area contributed by atoms with Crippen LogP contribution in [0.25, 0.3) is 11.3 Å². The molecule has 0 saturated carbocycles. The molecule has 2 heterocycles. The number of nitrogens with zero attached hydrogens (tertiary/aromatic N) is 1. The highest BCUT2D eigenvalue weighted by Crippen LogP contribution is 2.36. The van der Waals surface area contributed by atoms with E-state index in [2.05, 4.69) is 15.3 Å². The molecule has 1 aliphatic rings. The minimum Gasteiger partial charge on any atom is -0.342 e. The summed E-state index contributed by atoms with van der Waals surface area (Å²) in [4.78, 5) is 7.23. The van der Waals surface area contributed by atoms with Crippen molar-refractivity contribution in [3.63, 3.8) is 0 Å². The van der Waals surface area contributed by atoms with E-state index in [-0.39, 0.29) is 5.56 Å². The maximum Gasteiger partial charge on any atom is 0.417 e. The fourth-order valence-corrected chi connectivity index (χ4v) is 2.73. The number of halogens is 3. The van der Waals surface area contributed by atoms with Gasteiger partial charge < -0.3 is 10.3 Å². The van der Waals surface area contributed by atoms with Crippen LogP contribution in [0.3, 0.4) is 0 Å². The summed E-state index contributed by atoms with van der Waals surface area (Å²) >= 11 is 0. The molecule has 1 aromatic carbocycles. The van der Waals surface area contributed by atoms with Crippen LogP contribution in [0.15, 0.2) is 30.5 Å². The quantitative estimate of drug-likeness (QED) is 0.911. The maximum atomic E-state index is 13.0. The van der Waals surface area contributed by atoms with Gasteiger partial charge in [-0.1, -0.05) is 18.2 Å². The number of benzene rings is 1. The van der Waals surface area contributed by atoms with Crippen LogP contribution in [0.5, 0.6) is 0 Å². The number of imidazole rings is 1. The third-order valence-corrected chi connectivity index (χ3v) is 3.75. The second-order valence-corrected chi connectivity index (χ2v) is 5.28. The van der Waals surface area contributed by atoms with Crippen LogP contribution in [-0.2, 0) is 12.6 Å². The third-order valence-electron chi connectivity index (χ3n) is 3.75. The molecule has 3 nitrogen and oxygen atoms in total. The van der Waals surface area contributed by atoms with Gasteiger partial charge in [0.1, 0.15) is 5.82 Å². The van der Waals surface area contributed by atoms with Crippen molar-refractivity contribution in [3.8, 4) is 11.3 Å². The lowest BCUT2D eigenvalue weighted by molar-refractivity contribution is -0.137. The topological polar surface area (TPSA) is 40.7 Å². The first-order valence-corrected chi connectivity index (χ1v) is 6.98. The van der Waals surface area contributed by atoms with Gasteiger partial charge in [-0.25, -0.2) is 4.98 Å². The Labute approximate surface area is 120 Å². The number of H-pyrrole nitrogens is 1. The SMILES string of the molecule is FC(F)(F)c1ccccc1-c1cnc(CC2CCCN2)[nH]1. The first-order valence-electron chi connectivity index (χ1n) is 6.98. The maximum absolute atomic E-state index is 13.0. The molecule has 21 heavy (non-hydrogen) atoms. The van der Waals surface area contributed by atoms with E-state index in [1.165, 1.54) is 18.3 Å². The molecular weight excluding hydrogens is 279 g/mol. The molecule has 0 amide bonds. The monoisotopic (exact) mass is 295 g/mol. The average Bonchev–Trinajstić information content (AvgIpc) is 3.10. The van der Waals surface area contributed by atoms with Crippen LogP contribution >= 0.6 is 0 Å². The Bertz CT molecular complexity index is 613. The number of aromatic amines is 1. The van der Waals surface area contributed by atoms with Gasteiger partial charge >= 0.3 is 6.18 Å². The summed E-state index contributed by atoms with van der Waals surface area (Å²) < 4.78 is 39.1. The number of rotatable bonds is 3. The number of aromatic nitrogens is 2. The summed E-state index contributed by atoms with van der Waals surface area (Å²) in [6, 6.07) is 5.92. The Balaban J connectivity index is 1.86. The molecular formula is C15H16F3N3. The van der Waals surface area contributed by atoms with E-state index in [9.17, 15) is 13.2 Å². The largest absolute Gasteiger partial charge is 0.417 e. The third kappa shape index (κ3) is 3.10. The van der Waals surface area contributed by atoms with Crippen molar-refractivity contribution in [1.29, 1.82) is 0 Å². The smallest absolute Gasteiger partial charge is 0.342 e. The number of nitrogens with one attached hydrogen (secondary N) is 2. The molecule has 3 rings (SSSR count). The number of hydrogen-bond acceptors (Lipinski definition) is 2. The van der Waals surface area contributed by atoms with Crippen molar-refractivity contribution in [2.45, 2.75) is 31.5 Å². The van der Waals surface area contributed by atoms with Crippen molar-refractivity contribution in [2.24, 2.45) is 0 Å². The number of hydrogen-bond donors (Lipinski definition) is 2. The van der Waals surface area contributed by atoms with Crippen molar-refractivity contribution in [3.05, 3.63) is 41.9 Å². The number of alkyl halides is 3. The predicted molar refractivity (Wildman–Crippen MR) is 73.8 cm³/mol. The van der Waals surface area contributed by atoms with E-state index in [0.29, 0.717) is 18.2 Å². The molecule has 1 fully saturated rings. The Kier molecular flexibility index (Phi) is 3.71. The zero-order valence-corrected chi connectivity index (χ0v) is 11.4. The summed E-state index contributed by atoms with van der Waals surface area (Å²) in [7, 11) is 0. The van der Waals surface area contributed by atoms with Gasteiger partial charge in [0.2, 0.25) is 0 Å². The molecule has 1 unspecified atom stereocenters. The average molecular weight is 295 g/mol. The molecule has 1 aliphatic heterocycles. The molecule has 0 radical (unpaired) electrons. The normalized spacial score (nSPS) is 19.1. The van der Waals surface area contributed by atoms with E-state index in [4.69, 9.17) is 0 Å². The van der Waals surface area contributed by atoms with Crippen LogP contribution < -0.4 is 5.32 Å². The minimum absolute atomic E-state index is 0.142. The lowest BCUT2D eigenvalue weighted by atomic mass is 10.0. The Morgan fingerprint density at radius 2 is 2.05 bits per heavy atom. The van der Waals surface area contributed by atoms with E-state index in [1.807, 2.05) is 0 Å². The molecule has 0 bridgehead atoms. The molecule has 1 aromatic heterocycles. The van der Waals surface area contributed by atoms with Crippen molar-refractivity contribution in [2.75, 3.05) is 6.54 Å². The van der Waals surface area contributed by atoms with E-state index >= 15 is 0 Å². The summed E-state index contributed by atoms with van der Waals surface area (Å²) in [5, 5.41) is 3.35. The van der Waals surface area contributed by atoms with Crippen LogP contribution in [-0.4, -0.2) is 22.6 Å². The molecule has 0 spiro atoms. The Hall–Kier alpha value is -1.82. The van der Waals surface area contributed by atoms with Crippen molar-refractivity contribution in [1.82, 2.24) is 15.3 Å². The highest BCUT2D eigenvalue weighted by Gasteiger charge is 2.33. The van der Waals surface area contributed by atoms with Crippen LogP contribution in [0.2, 0.25) is 0 Å². The molecule has 2 aromatic rings. The lowest BCUT2D eigenvalue weighted by Crippen LogP contribution is -2.24. The van der Waals surface area contributed by atoms with E-state index in [0.717, 1.165) is 31.3 Å². The van der Waals surface area contributed by atoms with Gasteiger partial charge in [-0.05, 0) is 25.5 Å². The van der Waals surface area contributed by atoms with Gasteiger partial charge in [0, 0.05) is 18.0 Å². The highest BCUT2D eigenvalue weighted by atomic mass is 19.4. The minimum atomic E-state index is -4.37. The van der Waals surface area contributed by atoms with Crippen LogP contribution in [0, 0.1) is 0 Å². The molecule has 6 heteroatoms. The molecule has 2 N–H and O–H groups in total. The molecule has 112 valence electrons. The van der Waals surface area contributed by atoms with Gasteiger partial charge in [-0.3, -0.25) is 0 Å². The lowest BCUT2D eigenvalue weighted by Gasteiger charge is -2.11. The van der Waals surface area contributed by atoms with Crippen molar-refractivity contribution >= 4 is 0 Å².